The summed E-state index contributed by atoms with van der Waals surface area (Å²) in [6, 6.07) is 4.78. The molecule has 100 valence electrons. The van der Waals surface area contributed by atoms with Crippen molar-refractivity contribution in [1.82, 2.24) is 0 Å². The van der Waals surface area contributed by atoms with Crippen LogP contribution in [0.3, 0.4) is 0 Å². The average molecular weight is 282 g/mol. The van der Waals surface area contributed by atoms with E-state index in [9.17, 15) is 18.0 Å². The lowest BCUT2D eigenvalue weighted by Crippen LogP contribution is -2.36. The Labute approximate surface area is 107 Å². The molecular formula is C11H11ClF3NO2. The molecule has 0 aliphatic rings. The van der Waals surface area contributed by atoms with Crippen molar-refractivity contribution in [3.8, 4) is 0 Å². The predicted octanol–water partition coefficient (Wildman–Crippen LogP) is 3.32. The predicted molar refractivity (Wildman–Crippen MR) is 61.9 cm³/mol. The second-order valence-corrected chi connectivity index (χ2v) is 4.20. The van der Waals surface area contributed by atoms with E-state index in [1.807, 2.05) is 0 Å². The summed E-state index contributed by atoms with van der Waals surface area (Å²) < 4.78 is 37.2. The summed E-state index contributed by atoms with van der Waals surface area (Å²) in [6.45, 7) is 0.988. The molecule has 3 nitrogen and oxygen atoms in total. The lowest BCUT2D eigenvalue weighted by molar-refractivity contribution is -0.190. The van der Waals surface area contributed by atoms with Gasteiger partial charge < -0.3 is 10.4 Å². The average Bonchev–Trinajstić information content (AvgIpc) is 2.20. The summed E-state index contributed by atoms with van der Waals surface area (Å²) in [6.07, 6.45) is -4.80. The number of rotatable bonds is 4. The molecule has 0 spiro atoms. The van der Waals surface area contributed by atoms with Crippen molar-refractivity contribution in [2.24, 2.45) is 5.92 Å². The third-order valence-corrected chi connectivity index (χ3v) is 2.64. The zero-order valence-electron chi connectivity index (χ0n) is 9.38. The molecule has 1 aromatic carbocycles. The molecule has 0 saturated heterocycles. The van der Waals surface area contributed by atoms with Crippen LogP contribution in [0.25, 0.3) is 0 Å². The Kier molecular flexibility index (Phi) is 4.45. The number of anilines is 1. The first-order chi connectivity index (χ1) is 8.21. The quantitative estimate of drug-likeness (QED) is 0.890. The van der Waals surface area contributed by atoms with E-state index in [2.05, 4.69) is 5.32 Å². The van der Waals surface area contributed by atoms with Gasteiger partial charge in [-0.25, -0.2) is 0 Å². The number of alkyl halides is 3. The fourth-order valence-electron chi connectivity index (χ4n) is 1.33. The highest BCUT2D eigenvalue weighted by molar-refractivity contribution is 6.33. The van der Waals surface area contributed by atoms with Gasteiger partial charge in [-0.1, -0.05) is 17.7 Å². The Morgan fingerprint density at radius 3 is 2.61 bits per heavy atom. The molecule has 7 heteroatoms. The Bertz CT molecular complexity index is 448. The third-order valence-electron chi connectivity index (χ3n) is 2.31. The van der Waals surface area contributed by atoms with Crippen molar-refractivity contribution in [2.75, 3.05) is 11.9 Å². The second kappa shape index (κ2) is 5.48. The lowest BCUT2D eigenvalue weighted by atomic mass is 10.1. The standard InChI is InChI=1S/C11H11ClF3NO2/c1-6-2-3-8(12)9(4-6)16-5-7(10(17)18)11(13,14)15/h2-4,7,16H,5H2,1H3,(H,17,18). The highest BCUT2D eigenvalue weighted by Crippen LogP contribution is 2.28. The zero-order chi connectivity index (χ0) is 13.9. The summed E-state index contributed by atoms with van der Waals surface area (Å²) in [7, 11) is 0. The summed E-state index contributed by atoms with van der Waals surface area (Å²) >= 11 is 5.78. The molecule has 2 N–H and O–H groups in total. The van der Waals surface area contributed by atoms with Gasteiger partial charge in [0.15, 0.2) is 5.92 Å². The number of hydrogen-bond donors (Lipinski definition) is 2. The second-order valence-electron chi connectivity index (χ2n) is 3.80. The molecule has 1 atom stereocenters. The van der Waals surface area contributed by atoms with Gasteiger partial charge in [0.05, 0.1) is 10.7 Å². The van der Waals surface area contributed by atoms with E-state index >= 15 is 0 Å². The van der Waals surface area contributed by atoms with Crippen LogP contribution in [0.1, 0.15) is 5.56 Å². The van der Waals surface area contributed by atoms with Crippen LogP contribution in [0.5, 0.6) is 0 Å². The van der Waals surface area contributed by atoms with Crippen LogP contribution in [0.4, 0.5) is 18.9 Å². The highest BCUT2D eigenvalue weighted by Gasteiger charge is 2.44. The molecular weight excluding hydrogens is 271 g/mol. The first-order valence-electron chi connectivity index (χ1n) is 5.01. The maximum absolute atomic E-state index is 12.4. The van der Waals surface area contributed by atoms with Gasteiger partial charge >= 0.3 is 12.1 Å². The molecule has 0 amide bonds. The minimum absolute atomic E-state index is 0.243. The summed E-state index contributed by atoms with van der Waals surface area (Å²) in [5.74, 6) is -4.38. The van der Waals surface area contributed by atoms with Crippen LogP contribution in [0, 0.1) is 12.8 Å². The molecule has 0 radical (unpaired) electrons. The van der Waals surface area contributed by atoms with Gasteiger partial charge in [-0.15, -0.1) is 0 Å². The van der Waals surface area contributed by atoms with Crippen molar-refractivity contribution < 1.29 is 23.1 Å². The largest absolute Gasteiger partial charge is 0.481 e. The first-order valence-corrected chi connectivity index (χ1v) is 5.39. The molecule has 0 heterocycles. The van der Waals surface area contributed by atoms with E-state index < -0.39 is 24.6 Å². The maximum Gasteiger partial charge on any atom is 0.403 e. The smallest absolute Gasteiger partial charge is 0.403 e. The fraction of sp³-hybridized carbons (Fsp3) is 0.364. The molecule has 0 aromatic heterocycles. The fourth-order valence-corrected chi connectivity index (χ4v) is 1.51. The summed E-state index contributed by atoms with van der Waals surface area (Å²) in [5.41, 5.74) is 1.09. The molecule has 1 aromatic rings. The molecule has 0 aliphatic heterocycles. The van der Waals surface area contributed by atoms with E-state index in [-0.39, 0.29) is 10.7 Å². The minimum atomic E-state index is -4.80. The van der Waals surface area contributed by atoms with Crippen LogP contribution in [0.15, 0.2) is 18.2 Å². The van der Waals surface area contributed by atoms with Gasteiger partial charge in [-0.2, -0.15) is 13.2 Å². The number of benzene rings is 1. The van der Waals surface area contributed by atoms with Gasteiger partial charge in [0.25, 0.3) is 0 Å². The van der Waals surface area contributed by atoms with E-state index in [0.29, 0.717) is 0 Å². The summed E-state index contributed by atoms with van der Waals surface area (Å²) in [5, 5.41) is 11.2. The Balaban J connectivity index is 2.79. The SMILES string of the molecule is Cc1ccc(Cl)c(NCC(C(=O)O)C(F)(F)F)c1. The molecule has 0 saturated carbocycles. The molecule has 18 heavy (non-hydrogen) atoms. The van der Waals surface area contributed by atoms with Crippen LogP contribution in [-0.2, 0) is 4.79 Å². The van der Waals surface area contributed by atoms with E-state index in [1.165, 1.54) is 6.07 Å². The minimum Gasteiger partial charge on any atom is -0.481 e. The summed E-state index contributed by atoms with van der Waals surface area (Å²) in [4.78, 5) is 10.5. The van der Waals surface area contributed by atoms with Crippen molar-refractivity contribution in [2.45, 2.75) is 13.1 Å². The number of halogens is 4. The molecule has 1 unspecified atom stereocenters. The number of carboxylic acids is 1. The molecule has 0 fully saturated rings. The Morgan fingerprint density at radius 2 is 2.11 bits per heavy atom. The van der Waals surface area contributed by atoms with Crippen molar-refractivity contribution in [3.05, 3.63) is 28.8 Å². The maximum atomic E-state index is 12.4. The van der Waals surface area contributed by atoms with Gasteiger partial charge in [0.2, 0.25) is 0 Å². The van der Waals surface area contributed by atoms with Gasteiger partial charge in [-0.3, -0.25) is 4.79 Å². The Morgan fingerprint density at radius 1 is 1.50 bits per heavy atom. The normalized spacial score (nSPS) is 13.2. The molecule has 1 rings (SSSR count). The zero-order valence-corrected chi connectivity index (χ0v) is 10.1. The number of aryl methyl sites for hydroxylation is 1. The van der Waals surface area contributed by atoms with E-state index in [4.69, 9.17) is 16.7 Å². The van der Waals surface area contributed by atoms with E-state index in [0.717, 1.165) is 5.56 Å². The lowest BCUT2D eigenvalue weighted by Gasteiger charge is -2.17. The van der Waals surface area contributed by atoms with Gasteiger partial charge in [0, 0.05) is 6.54 Å². The first kappa shape index (κ1) is 14.6. The van der Waals surface area contributed by atoms with Crippen LogP contribution >= 0.6 is 11.6 Å². The van der Waals surface area contributed by atoms with Gasteiger partial charge in [-0.05, 0) is 24.6 Å². The van der Waals surface area contributed by atoms with E-state index in [1.54, 1.807) is 19.1 Å². The van der Waals surface area contributed by atoms with Crippen molar-refractivity contribution in [1.29, 1.82) is 0 Å². The van der Waals surface area contributed by atoms with Crippen molar-refractivity contribution in [3.63, 3.8) is 0 Å². The van der Waals surface area contributed by atoms with Crippen LogP contribution in [-0.4, -0.2) is 23.8 Å². The number of carboxylic acid groups (broad SMARTS) is 1. The van der Waals surface area contributed by atoms with Gasteiger partial charge in [0.1, 0.15) is 0 Å². The monoisotopic (exact) mass is 281 g/mol. The number of aliphatic carboxylic acids is 1. The molecule has 0 bridgehead atoms. The number of hydrogen-bond acceptors (Lipinski definition) is 2. The number of nitrogens with one attached hydrogen (secondary N) is 1. The highest BCUT2D eigenvalue weighted by atomic mass is 35.5. The van der Waals surface area contributed by atoms with Crippen LogP contribution < -0.4 is 5.32 Å². The number of carbonyl (C=O) groups is 1. The topological polar surface area (TPSA) is 49.3 Å². The van der Waals surface area contributed by atoms with Crippen LogP contribution in [0.2, 0.25) is 5.02 Å². The van der Waals surface area contributed by atoms with Crippen molar-refractivity contribution >= 4 is 23.3 Å². The molecule has 0 aliphatic carbocycles. The third kappa shape index (κ3) is 3.80. The Hall–Kier alpha value is -1.43.